The lowest BCUT2D eigenvalue weighted by Gasteiger charge is -2.24. The number of nitrogens with zero attached hydrogens (tertiary/aromatic N) is 1. The van der Waals surface area contributed by atoms with E-state index in [0.717, 1.165) is 12.8 Å². The number of hydrogen-bond acceptors (Lipinski definition) is 3. The molecule has 0 saturated heterocycles. The molecule has 0 spiro atoms. The second-order valence-electron chi connectivity index (χ2n) is 4.13. The number of carboxylic acid groups (broad SMARTS) is 1. The van der Waals surface area contributed by atoms with Gasteiger partial charge in [0.05, 0.1) is 11.3 Å². The first-order valence-corrected chi connectivity index (χ1v) is 5.47. The van der Waals surface area contributed by atoms with Gasteiger partial charge in [-0.3, -0.25) is 9.59 Å². The summed E-state index contributed by atoms with van der Waals surface area (Å²) in [7, 11) is 0. The maximum atomic E-state index is 11.3. The number of benzene rings is 1. The third-order valence-corrected chi connectivity index (χ3v) is 2.77. The highest BCUT2D eigenvalue weighted by molar-refractivity contribution is 5.99. The molecule has 0 aliphatic heterocycles. The Morgan fingerprint density at radius 3 is 2.53 bits per heavy atom. The number of carbonyl (C=O) groups is 2. The summed E-state index contributed by atoms with van der Waals surface area (Å²) in [6.45, 7) is -0.102. The lowest BCUT2D eigenvalue weighted by molar-refractivity contribution is -0.135. The molecule has 1 aliphatic carbocycles. The maximum absolute atomic E-state index is 11.3. The summed E-state index contributed by atoms with van der Waals surface area (Å²) < 4.78 is 0. The first-order chi connectivity index (χ1) is 8.09. The third-order valence-electron chi connectivity index (χ3n) is 2.77. The summed E-state index contributed by atoms with van der Waals surface area (Å²) in [5.74, 6) is -1.44. The maximum Gasteiger partial charge on any atom is 0.323 e. The SMILES string of the molecule is NC(=O)c1ccccc1N(CC(=O)O)C1CC1. The molecule has 1 aromatic carbocycles. The van der Waals surface area contributed by atoms with Crippen LogP contribution >= 0.6 is 0 Å². The molecule has 17 heavy (non-hydrogen) atoms. The Morgan fingerprint density at radius 1 is 1.35 bits per heavy atom. The van der Waals surface area contributed by atoms with Crippen molar-refractivity contribution in [2.75, 3.05) is 11.4 Å². The Hall–Kier alpha value is -2.04. The number of rotatable bonds is 5. The minimum atomic E-state index is -0.906. The topological polar surface area (TPSA) is 83.6 Å². The van der Waals surface area contributed by atoms with Crippen LogP contribution in [-0.4, -0.2) is 29.6 Å². The number of nitrogens with two attached hydrogens (primary N) is 1. The summed E-state index contributed by atoms with van der Waals surface area (Å²) in [5.41, 5.74) is 6.28. The molecule has 0 bridgehead atoms. The van der Waals surface area contributed by atoms with Gasteiger partial charge in [-0.15, -0.1) is 0 Å². The molecule has 1 aliphatic rings. The van der Waals surface area contributed by atoms with Crippen LogP contribution in [0.2, 0.25) is 0 Å². The highest BCUT2D eigenvalue weighted by Gasteiger charge is 2.32. The van der Waals surface area contributed by atoms with Gasteiger partial charge in [0.1, 0.15) is 6.54 Å². The van der Waals surface area contributed by atoms with Crippen LogP contribution in [0.1, 0.15) is 23.2 Å². The fourth-order valence-electron chi connectivity index (χ4n) is 1.88. The Morgan fingerprint density at radius 2 is 2.00 bits per heavy atom. The zero-order valence-electron chi connectivity index (χ0n) is 9.30. The minimum Gasteiger partial charge on any atom is -0.480 e. The van der Waals surface area contributed by atoms with E-state index in [-0.39, 0.29) is 12.6 Å². The van der Waals surface area contributed by atoms with E-state index >= 15 is 0 Å². The van der Waals surface area contributed by atoms with Crippen LogP contribution in [0.4, 0.5) is 5.69 Å². The van der Waals surface area contributed by atoms with Crippen LogP contribution in [0.5, 0.6) is 0 Å². The summed E-state index contributed by atoms with van der Waals surface area (Å²) in [5, 5.41) is 8.89. The average molecular weight is 234 g/mol. The molecule has 1 aromatic rings. The monoisotopic (exact) mass is 234 g/mol. The van der Waals surface area contributed by atoms with Crippen LogP contribution in [-0.2, 0) is 4.79 Å². The summed E-state index contributed by atoms with van der Waals surface area (Å²) in [4.78, 5) is 23.9. The van der Waals surface area contributed by atoms with E-state index in [4.69, 9.17) is 10.8 Å². The van der Waals surface area contributed by atoms with Gasteiger partial charge in [0.15, 0.2) is 0 Å². The number of aliphatic carboxylic acids is 1. The van der Waals surface area contributed by atoms with Crippen molar-refractivity contribution in [2.45, 2.75) is 18.9 Å². The van der Waals surface area contributed by atoms with Crippen molar-refractivity contribution in [3.63, 3.8) is 0 Å². The van der Waals surface area contributed by atoms with Gasteiger partial charge in [-0.1, -0.05) is 12.1 Å². The van der Waals surface area contributed by atoms with Crippen molar-refractivity contribution in [2.24, 2.45) is 5.73 Å². The van der Waals surface area contributed by atoms with E-state index < -0.39 is 11.9 Å². The van der Waals surface area contributed by atoms with Crippen molar-refractivity contribution in [1.82, 2.24) is 0 Å². The molecule has 0 unspecified atom stereocenters. The van der Waals surface area contributed by atoms with Gasteiger partial charge in [-0.2, -0.15) is 0 Å². The van der Waals surface area contributed by atoms with E-state index in [1.54, 1.807) is 29.2 Å². The van der Waals surface area contributed by atoms with Crippen LogP contribution < -0.4 is 10.6 Å². The largest absolute Gasteiger partial charge is 0.480 e. The van der Waals surface area contributed by atoms with Crippen LogP contribution in [0.3, 0.4) is 0 Å². The number of primary amides is 1. The van der Waals surface area contributed by atoms with Gasteiger partial charge in [-0.25, -0.2) is 0 Å². The minimum absolute atomic E-state index is 0.102. The second-order valence-corrected chi connectivity index (χ2v) is 4.13. The van der Waals surface area contributed by atoms with E-state index in [0.29, 0.717) is 11.3 Å². The molecule has 3 N–H and O–H groups in total. The zero-order valence-corrected chi connectivity index (χ0v) is 9.30. The predicted molar refractivity (Wildman–Crippen MR) is 63.0 cm³/mol. The summed E-state index contributed by atoms with van der Waals surface area (Å²) in [6, 6.07) is 7.07. The van der Waals surface area contributed by atoms with Crippen molar-refractivity contribution in [1.29, 1.82) is 0 Å². The Bertz CT molecular complexity index is 455. The molecular weight excluding hydrogens is 220 g/mol. The van der Waals surface area contributed by atoms with Crippen LogP contribution in [0, 0.1) is 0 Å². The molecular formula is C12H14N2O3. The Labute approximate surface area is 98.8 Å². The quantitative estimate of drug-likeness (QED) is 0.790. The van der Waals surface area contributed by atoms with E-state index in [1.807, 2.05) is 0 Å². The van der Waals surface area contributed by atoms with Gasteiger partial charge in [-0.05, 0) is 25.0 Å². The van der Waals surface area contributed by atoms with Gasteiger partial charge >= 0.3 is 5.97 Å². The molecule has 0 heterocycles. The molecule has 1 amide bonds. The molecule has 0 aromatic heterocycles. The van der Waals surface area contributed by atoms with Crippen molar-refractivity contribution >= 4 is 17.6 Å². The molecule has 1 fully saturated rings. The fourth-order valence-corrected chi connectivity index (χ4v) is 1.88. The second kappa shape index (κ2) is 4.45. The van der Waals surface area contributed by atoms with E-state index in [9.17, 15) is 9.59 Å². The lowest BCUT2D eigenvalue weighted by atomic mass is 10.1. The number of amides is 1. The van der Waals surface area contributed by atoms with Gasteiger partial charge in [0.25, 0.3) is 5.91 Å². The molecule has 90 valence electrons. The molecule has 2 rings (SSSR count). The fraction of sp³-hybridized carbons (Fsp3) is 0.333. The van der Waals surface area contributed by atoms with E-state index in [1.165, 1.54) is 0 Å². The van der Waals surface area contributed by atoms with Crippen molar-refractivity contribution < 1.29 is 14.7 Å². The Balaban J connectivity index is 2.34. The molecule has 0 atom stereocenters. The summed E-state index contributed by atoms with van der Waals surface area (Å²) >= 11 is 0. The van der Waals surface area contributed by atoms with Crippen LogP contribution in [0.15, 0.2) is 24.3 Å². The van der Waals surface area contributed by atoms with Gasteiger partial charge < -0.3 is 15.7 Å². The van der Waals surface area contributed by atoms with Crippen molar-refractivity contribution in [3.8, 4) is 0 Å². The third kappa shape index (κ3) is 2.55. The number of carboxylic acids is 1. The van der Waals surface area contributed by atoms with Gasteiger partial charge in [0.2, 0.25) is 0 Å². The lowest BCUT2D eigenvalue weighted by Crippen LogP contribution is -2.33. The smallest absolute Gasteiger partial charge is 0.323 e. The Kier molecular flexibility index (Phi) is 2.99. The molecule has 5 nitrogen and oxygen atoms in total. The van der Waals surface area contributed by atoms with E-state index in [2.05, 4.69) is 0 Å². The number of anilines is 1. The molecule has 0 radical (unpaired) electrons. The molecule has 1 saturated carbocycles. The first-order valence-electron chi connectivity index (χ1n) is 5.47. The first kappa shape index (κ1) is 11.4. The molecule has 5 heteroatoms. The average Bonchev–Trinajstić information content (AvgIpc) is 3.09. The normalized spacial score (nSPS) is 14.4. The van der Waals surface area contributed by atoms with Crippen molar-refractivity contribution in [3.05, 3.63) is 29.8 Å². The number of para-hydroxylation sites is 1. The standard InChI is InChI=1S/C12H14N2O3/c13-12(17)9-3-1-2-4-10(9)14(7-11(15)16)8-5-6-8/h1-4,8H,5-7H2,(H2,13,17)(H,15,16). The highest BCUT2D eigenvalue weighted by atomic mass is 16.4. The number of hydrogen-bond donors (Lipinski definition) is 2. The highest BCUT2D eigenvalue weighted by Crippen LogP contribution is 2.33. The summed E-state index contributed by atoms with van der Waals surface area (Å²) in [6.07, 6.45) is 1.92. The predicted octanol–water partition coefficient (Wildman–Crippen LogP) is 0.839. The zero-order chi connectivity index (χ0) is 12.4. The van der Waals surface area contributed by atoms with Crippen LogP contribution in [0.25, 0.3) is 0 Å². The van der Waals surface area contributed by atoms with Gasteiger partial charge in [0, 0.05) is 6.04 Å². The number of carbonyl (C=O) groups excluding carboxylic acids is 1.